The summed E-state index contributed by atoms with van der Waals surface area (Å²) in [5.74, 6) is 0. The molecule has 0 bridgehead atoms. The van der Waals surface area contributed by atoms with Crippen molar-refractivity contribution in [1.82, 2.24) is 20.1 Å². The van der Waals surface area contributed by atoms with Crippen molar-refractivity contribution in [1.29, 1.82) is 0 Å². The molecule has 6 nitrogen and oxygen atoms in total. The lowest BCUT2D eigenvalue weighted by Gasteiger charge is -2.41. The van der Waals surface area contributed by atoms with Crippen LogP contribution in [0, 0.1) is 0 Å². The first-order valence-corrected chi connectivity index (χ1v) is 9.51. The quantitative estimate of drug-likeness (QED) is 0.730. The minimum atomic E-state index is 0.224. The second kappa shape index (κ2) is 7.61. The third-order valence-corrected chi connectivity index (χ3v) is 5.71. The Kier molecular flexibility index (Phi) is 5.07. The average molecular weight is 358 g/mol. The fourth-order valence-corrected chi connectivity index (χ4v) is 4.29. The van der Waals surface area contributed by atoms with Crippen molar-refractivity contribution in [3.63, 3.8) is 0 Å². The summed E-state index contributed by atoms with van der Waals surface area (Å²) in [4.78, 5) is 6.32. The van der Waals surface area contributed by atoms with Crippen LogP contribution in [0.2, 0.25) is 0 Å². The van der Waals surface area contributed by atoms with Gasteiger partial charge in [-0.25, -0.2) is 4.63 Å². The standard InChI is InChI=1S/C18H22N4O2S/c23-9-6-15-12-21(7-8-22(15)13-16-4-2-10-25-16)11-14-3-1-5-17-18(14)20-24-19-17/h1-5,10,15,23H,6-9,11-13H2. The number of hydrogen-bond acceptors (Lipinski definition) is 7. The molecule has 4 rings (SSSR count). The van der Waals surface area contributed by atoms with Crippen LogP contribution < -0.4 is 0 Å². The Hall–Kier alpha value is -1.80. The van der Waals surface area contributed by atoms with Gasteiger partial charge in [-0.3, -0.25) is 9.80 Å². The van der Waals surface area contributed by atoms with Gasteiger partial charge in [0.15, 0.2) is 0 Å². The molecule has 7 heteroatoms. The van der Waals surface area contributed by atoms with Crippen molar-refractivity contribution < 1.29 is 9.74 Å². The van der Waals surface area contributed by atoms with E-state index in [0.717, 1.165) is 55.7 Å². The summed E-state index contributed by atoms with van der Waals surface area (Å²) in [6.45, 7) is 5.00. The molecule has 1 aliphatic rings. The van der Waals surface area contributed by atoms with Gasteiger partial charge in [-0.2, -0.15) is 0 Å². The van der Waals surface area contributed by atoms with Crippen molar-refractivity contribution in [3.05, 3.63) is 46.2 Å². The van der Waals surface area contributed by atoms with Crippen LogP contribution in [0.3, 0.4) is 0 Å². The van der Waals surface area contributed by atoms with Crippen molar-refractivity contribution in [3.8, 4) is 0 Å². The first-order chi connectivity index (χ1) is 12.3. The minimum Gasteiger partial charge on any atom is -0.396 e. The van der Waals surface area contributed by atoms with Gasteiger partial charge in [-0.15, -0.1) is 11.3 Å². The molecule has 0 amide bonds. The maximum atomic E-state index is 9.48. The summed E-state index contributed by atoms with van der Waals surface area (Å²) in [6, 6.07) is 10.7. The normalized spacial score (nSPS) is 19.6. The summed E-state index contributed by atoms with van der Waals surface area (Å²) < 4.78 is 4.87. The van der Waals surface area contributed by atoms with Crippen LogP contribution in [0.4, 0.5) is 0 Å². The summed E-state index contributed by atoms with van der Waals surface area (Å²) in [6.07, 6.45) is 0.803. The van der Waals surface area contributed by atoms with Gasteiger partial charge in [0.1, 0.15) is 11.0 Å². The number of rotatable bonds is 6. The highest BCUT2D eigenvalue weighted by Crippen LogP contribution is 2.22. The SMILES string of the molecule is OCCC1CN(Cc2cccc3nonc23)CCN1Cc1cccs1. The molecule has 2 aromatic heterocycles. The van der Waals surface area contributed by atoms with E-state index < -0.39 is 0 Å². The highest BCUT2D eigenvalue weighted by molar-refractivity contribution is 7.09. The molecule has 0 aliphatic carbocycles. The predicted octanol–water partition coefficient (Wildman–Crippen LogP) is 2.35. The zero-order valence-electron chi connectivity index (χ0n) is 14.0. The van der Waals surface area contributed by atoms with E-state index >= 15 is 0 Å². The van der Waals surface area contributed by atoms with E-state index in [2.05, 4.69) is 43.7 Å². The third-order valence-electron chi connectivity index (χ3n) is 4.85. The monoisotopic (exact) mass is 358 g/mol. The molecular formula is C18H22N4O2S. The van der Waals surface area contributed by atoms with Crippen LogP contribution in [0.1, 0.15) is 16.9 Å². The van der Waals surface area contributed by atoms with E-state index in [-0.39, 0.29) is 6.61 Å². The molecule has 132 valence electrons. The number of aliphatic hydroxyl groups excluding tert-OH is 1. The fraction of sp³-hybridized carbons (Fsp3) is 0.444. The van der Waals surface area contributed by atoms with E-state index in [1.54, 1.807) is 11.3 Å². The molecule has 1 saturated heterocycles. The molecule has 3 aromatic rings. The highest BCUT2D eigenvalue weighted by Gasteiger charge is 2.27. The molecule has 1 fully saturated rings. The Bertz CT molecular complexity index is 804. The number of benzene rings is 1. The Balaban J connectivity index is 1.45. The molecule has 1 atom stereocenters. The molecule has 0 radical (unpaired) electrons. The van der Waals surface area contributed by atoms with Crippen molar-refractivity contribution in [2.75, 3.05) is 26.2 Å². The Morgan fingerprint density at radius 2 is 2.12 bits per heavy atom. The Labute approximate surface area is 150 Å². The van der Waals surface area contributed by atoms with Crippen molar-refractivity contribution in [2.45, 2.75) is 25.6 Å². The Morgan fingerprint density at radius 1 is 1.16 bits per heavy atom. The van der Waals surface area contributed by atoms with Crippen LogP contribution in [0.25, 0.3) is 11.0 Å². The maximum absolute atomic E-state index is 9.48. The van der Waals surface area contributed by atoms with Gasteiger partial charge in [0.25, 0.3) is 0 Å². The van der Waals surface area contributed by atoms with E-state index in [0.29, 0.717) is 6.04 Å². The van der Waals surface area contributed by atoms with E-state index in [4.69, 9.17) is 4.63 Å². The van der Waals surface area contributed by atoms with Gasteiger partial charge in [0.2, 0.25) is 0 Å². The molecule has 25 heavy (non-hydrogen) atoms. The van der Waals surface area contributed by atoms with Crippen molar-refractivity contribution >= 4 is 22.4 Å². The zero-order chi connectivity index (χ0) is 17.1. The van der Waals surface area contributed by atoms with Gasteiger partial charge in [0, 0.05) is 50.2 Å². The number of piperazine rings is 1. The third kappa shape index (κ3) is 3.74. The van der Waals surface area contributed by atoms with Gasteiger partial charge >= 0.3 is 0 Å². The van der Waals surface area contributed by atoms with Crippen LogP contribution >= 0.6 is 11.3 Å². The van der Waals surface area contributed by atoms with Crippen LogP contribution in [-0.2, 0) is 13.1 Å². The van der Waals surface area contributed by atoms with Gasteiger partial charge < -0.3 is 5.11 Å². The smallest absolute Gasteiger partial charge is 0.139 e. The first-order valence-electron chi connectivity index (χ1n) is 8.63. The second-order valence-corrected chi connectivity index (χ2v) is 7.53. The fourth-order valence-electron chi connectivity index (χ4n) is 3.57. The first kappa shape index (κ1) is 16.7. The van der Waals surface area contributed by atoms with E-state index in [1.807, 2.05) is 12.1 Å². The predicted molar refractivity (Wildman–Crippen MR) is 97.3 cm³/mol. The highest BCUT2D eigenvalue weighted by atomic mass is 32.1. The number of thiophene rings is 1. The number of nitrogens with zero attached hydrogens (tertiary/aromatic N) is 4. The molecule has 0 saturated carbocycles. The summed E-state index contributed by atoms with van der Waals surface area (Å²) >= 11 is 1.80. The molecule has 1 aromatic carbocycles. The average Bonchev–Trinajstić information content (AvgIpc) is 3.29. The summed E-state index contributed by atoms with van der Waals surface area (Å²) in [7, 11) is 0. The molecule has 1 unspecified atom stereocenters. The maximum Gasteiger partial charge on any atom is 0.139 e. The largest absolute Gasteiger partial charge is 0.396 e. The number of fused-ring (bicyclic) bond motifs is 1. The molecule has 3 heterocycles. The zero-order valence-corrected chi connectivity index (χ0v) is 14.9. The lowest BCUT2D eigenvalue weighted by Crippen LogP contribution is -2.52. The molecule has 0 spiro atoms. The van der Waals surface area contributed by atoms with Gasteiger partial charge in [-0.05, 0) is 39.8 Å². The molecule has 1 aliphatic heterocycles. The summed E-state index contributed by atoms with van der Waals surface area (Å²) in [5.41, 5.74) is 2.80. The van der Waals surface area contributed by atoms with E-state index in [9.17, 15) is 5.11 Å². The number of aliphatic hydroxyl groups is 1. The second-order valence-electron chi connectivity index (χ2n) is 6.50. The number of hydrogen-bond donors (Lipinski definition) is 1. The van der Waals surface area contributed by atoms with Crippen LogP contribution in [-0.4, -0.2) is 57.5 Å². The minimum absolute atomic E-state index is 0.224. The van der Waals surface area contributed by atoms with Gasteiger partial charge in [0.05, 0.1) is 0 Å². The van der Waals surface area contributed by atoms with Crippen molar-refractivity contribution in [2.24, 2.45) is 0 Å². The molecule has 1 N–H and O–H groups in total. The van der Waals surface area contributed by atoms with Crippen LogP contribution in [0.5, 0.6) is 0 Å². The Morgan fingerprint density at radius 3 is 2.96 bits per heavy atom. The van der Waals surface area contributed by atoms with Crippen LogP contribution in [0.15, 0.2) is 40.3 Å². The number of aromatic nitrogens is 2. The summed E-state index contributed by atoms with van der Waals surface area (Å²) in [5, 5.41) is 19.6. The van der Waals surface area contributed by atoms with E-state index in [1.165, 1.54) is 4.88 Å². The topological polar surface area (TPSA) is 65.6 Å². The van der Waals surface area contributed by atoms with Gasteiger partial charge in [-0.1, -0.05) is 18.2 Å². The lowest BCUT2D eigenvalue weighted by atomic mass is 10.1. The molecular weight excluding hydrogens is 336 g/mol. The lowest BCUT2D eigenvalue weighted by molar-refractivity contribution is 0.0508.